The number of benzene rings is 2. The van der Waals surface area contributed by atoms with Gasteiger partial charge in [-0.05, 0) is 64.8 Å². The number of methoxy groups -OCH3 is 1. The van der Waals surface area contributed by atoms with Crippen LogP contribution in [0.25, 0.3) is 0 Å². The third-order valence-electron chi connectivity index (χ3n) is 3.49. The van der Waals surface area contributed by atoms with Crippen molar-refractivity contribution >= 4 is 45.0 Å². The van der Waals surface area contributed by atoms with Gasteiger partial charge in [-0.3, -0.25) is 9.59 Å². The van der Waals surface area contributed by atoms with Crippen molar-refractivity contribution in [2.45, 2.75) is 6.42 Å². The zero-order valence-electron chi connectivity index (χ0n) is 14.8. The van der Waals surface area contributed by atoms with Gasteiger partial charge in [-0.2, -0.15) is 0 Å². The summed E-state index contributed by atoms with van der Waals surface area (Å²) in [5, 5.41) is 6.09. The summed E-state index contributed by atoms with van der Waals surface area (Å²) in [4.78, 5) is 24.0. The van der Waals surface area contributed by atoms with Gasteiger partial charge in [0.25, 0.3) is 11.8 Å². The topological polar surface area (TPSA) is 76.7 Å². The second-order valence-corrected chi connectivity index (χ2v) is 6.88. The molecule has 0 aliphatic heterocycles. The van der Waals surface area contributed by atoms with E-state index in [1.165, 1.54) is 0 Å². The maximum absolute atomic E-state index is 12.0. The van der Waals surface area contributed by atoms with Gasteiger partial charge >= 0.3 is 0 Å². The molecule has 0 aromatic heterocycles. The van der Waals surface area contributed by atoms with Gasteiger partial charge in [0, 0.05) is 36.5 Å². The average Bonchev–Trinajstić information content (AvgIpc) is 2.65. The van der Waals surface area contributed by atoms with Crippen molar-refractivity contribution in [1.82, 2.24) is 5.32 Å². The number of ether oxygens (including phenoxy) is 2. The molecule has 2 aromatic carbocycles. The molecule has 0 aliphatic carbocycles. The highest BCUT2D eigenvalue weighted by Gasteiger charge is 2.08. The number of hydrogen-bond acceptors (Lipinski definition) is 4. The van der Waals surface area contributed by atoms with Crippen molar-refractivity contribution in [3.8, 4) is 5.75 Å². The molecule has 144 valence electrons. The Kier molecular flexibility index (Phi) is 8.57. The summed E-state index contributed by atoms with van der Waals surface area (Å²) in [6.45, 7) is 0.991. The first kappa shape index (κ1) is 21.2. The molecular weight excluding hydrogens is 436 g/mol. The van der Waals surface area contributed by atoms with Crippen molar-refractivity contribution in [3.05, 3.63) is 57.5 Å². The third kappa shape index (κ3) is 7.21. The van der Waals surface area contributed by atoms with E-state index in [-0.39, 0.29) is 18.4 Å². The molecule has 2 aromatic rings. The van der Waals surface area contributed by atoms with Crippen LogP contribution in [-0.2, 0) is 9.53 Å². The van der Waals surface area contributed by atoms with Gasteiger partial charge in [0.1, 0.15) is 5.75 Å². The van der Waals surface area contributed by atoms with Crippen LogP contribution in [0.3, 0.4) is 0 Å². The summed E-state index contributed by atoms with van der Waals surface area (Å²) >= 11 is 9.19. The minimum absolute atomic E-state index is 0.151. The molecular formula is C19H20BrClN2O4. The minimum Gasteiger partial charge on any atom is -0.483 e. The molecule has 2 amide bonds. The molecule has 0 radical (unpaired) electrons. The second-order valence-electron chi connectivity index (χ2n) is 5.59. The molecule has 2 rings (SSSR count). The summed E-state index contributed by atoms with van der Waals surface area (Å²) in [5.74, 6) is 0.0450. The van der Waals surface area contributed by atoms with Crippen molar-refractivity contribution in [1.29, 1.82) is 0 Å². The Morgan fingerprint density at radius 2 is 1.89 bits per heavy atom. The van der Waals surface area contributed by atoms with Crippen molar-refractivity contribution in [2.24, 2.45) is 0 Å². The van der Waals surface area contributed by atoms with E-state index in [0.29, 0.717) is 39.6 Å². The Hall–Kier alpha value is -2.09. The number of carbonyl (C=O) groups is 2. The van der Waals surface area contributed by atoms with E-state index in [1.807, 2.05) is 0 Å². The van der Waals surface area contributed by atoms with Gasteiger partial charge in [-0.15, -0.1) is 0 Å². The summed E-state index contributed by atoms with van der Waals surface area (Å²) in [6.07, 6.45) is 0.750. The molecule has 0 bridgehead atoms. The molecule has 2 N–H and O–H groups in total. The Morgan fingerprint density at radius 1 is 1.15 bits per heavy atom. The minimum atomic E-state index is -0.311. The van der Waals surface area contributed by atoms with Crippen LogP contribution in [-0.4, -0.2) is 38.7 Å². The Labute approximate surface area is 171 Å². The number of amides is 2. The SMILES string of the molecule is COCCCNC(=O)c1ccc(NC(=O)COc2ccc(Cl)cc2Br)cc1. The van der Waals surface area contributed by atoms with E-state index in [0.717, 1.165) is 6.42 Å². The van der Waals surface area contributed by atoms with Gasteiger partial charge in [0.2, 0.25) is 0 Å². The first-order valence-corrected chi connectivity index (χ1v) is 9.41. The van der Waals surface area contributed by atoms with Crippen molar-refractivity contribution in [2.75, 3.05) is 32.2 Å². The van der Waals surface area contributed by atoms with Crippen LogP contribution < -0.4 is 15.4 Å². The maximum atomic E-state index is 12.0. The predicted octanol–water partition coefficient (Wildman–Crippen LogP) is 3.89. The summed E-state index contributed by atoms with van der Waals surface area (Å²) in [6, 6.07) is 11.7. The lowest BCUT2D eigenvalue weighted by molar-refractivity contribution is -0.118. The Morgan fingerprint density at radius 3 is 2.56 bits per heavy atom. The lowest BCUT2D eigenvalue weighted by Gasteiger charge is -2.10. The van der Waals surface area contributed by atoms with Crippen LogP contribution in [0.4, 0.5) is 5.69 Å². The number of halogens is 2. The van der Waals surface area contributed by atoms with Gasteiger partial charge in [0.05, 0.1) is 4.47 Å². The summed E-state index contributed by atoms with van der Waals surface area (Å²) in [7, 11) is 1.62. The Bertz CT molecular complexity index is 784. The van der Waals surface area contributed by atoms with Crippen LogP contribution in [0.15, 0.2) is 46.9 Å². The van der Waals surface area contributed by atoms with Crippen LogP contribution in [0.5, 0.6) is 5.75 Å². The third-order valence-corrected chi connectivity index (χ3v) is 4.35. The highest BCUT2D eigenvalue weighted by Crippen LogP contribution is 2.27. The first-order valence-electron chi connectivity index (χ1n) is 8.24. The van der Waals surface area contributed by atoms with Crippen LogP contribution in [0.2, 0.25) is 5.02 Å². The number of nitrogens with one attached hydrogen (secondary N) is 2. The number of hydrogen-bond donors (Lipinski definition) is 2. The van der Waals surface area contributed by atoms with Crippen LogP contribution in [0.1, 0.15) is 16.8 Å². The largest absolute Gasteiger partial charge is 0.483 e. The maximum Gasteiger partial charge on any atom is 0.262 e. The molecule has 0 aliphatic rings. The van der Waals surface area contributed by atoms with Crippen LogP contribution >= 0.6 is 27.5 Å². The van der Waals surface area contributed by atoms with Crippen molar-refractivity contribution < 1.29 is 19.1 Å². The monoisotopic (exact) mass is 454 g/mol. The molecule has 0 spiro atoms. The van der Waals surface area contributed by atoms with E-state index < -0.39 is 0 Å². The van der Waals surface area contributed by atoms with Gasteiger partial charge in [0.15, 0.2) is 6.61 Å². The highest BCUT2D eigenvalue weighted by atomic mass is 79.9. The van der Waals surface area contributed by atoms with E-state index in [1.54, 1.807) is 49.6 Å². The molecule has 0 fully saturated rings. The number of anilines is 1. The molecule has 6 nitrogen and oxygen atoms in total. The predicted molar refractivity (Wildman–Crippen MR) is 109 cm³/mol. The lowest BCUT2D eigenvalue weighted by atomic mass is 10.2. The number of rotatable bonds is 9. The van der Waals surface area contributed by atoms with E-state index in [2.05, 4.69) is 26.6 Å². The molecule has 8 heteroatoms. The smallest absolute Gasteiger partial charge is 0.262 e. The first-order chi connectivity index (χ1) is 13.0. The summed E-state index contributed by atoms with van der Waals surface area (Å²) in [5.41, 5.74) is 1.10. The zero-order valence-corrected chi connectivity index (χ0v) is 17.1. The fourth-order valence-electron chi connectivity index (χ4n) is 2.16. The summed E-state index contributed by atoms with van der Waals surface area (Å²) < 4.78 is 11.1. The second kappa shape index (κ2) is 10.9. The van der Waals surface area contributed by atoms with E-state index in [4.69, 9.17) is 21.1 Å². The van der Waals surface area contributed by atoms with E-state index in [9.17, 15) is 9.59 Å². The average molecular weight is 456 g/mol. The molecule has 0 heterocycles. The molecule has 0 saturated heterocycles. The zero-order chi connectivity index (χ0) is 19.6. The fraction of sp³-hybridized carbons (Fsp3) is 0.263. The molecule has 0 atom stereocenters. The molecule has 0 saturated carbocycles. The molecule has 0 unspecified atom stereocenters. The van der Waals surface area contributed by atoms with Gasteiger partial charge in [-0.1, -0.05) is 11.6 Å². The quantitative estimate of drug-likeness (QED) is 0.563. The van der Waals surface area contributed by atoms with Crippen molar-refractivity contribution in [3.63, 3.8) is 0 Å². The number of carbonyl (C=O) groups excluding carboxylic acids is 2. The fourth-order valence-corrected chi connectivity index (χ4v) is 2.96. The standard InChI is InChI=1S/C19H20BrClN2O4/c1-26-10-2-9-22-19(25)13-3-6-15(7-4-13)23-18(24)12-27-17-8-5-14(21)11-16(17)20/h3-8,11H,2,9-10,12H2,1H3,(H,22,25)(H,23,24). The van der Waals surface area contributed by atoms with Gasteiger partial charge in [-0.25, -0.2) is 0 Å². The normalized spacial score (nSPS) is 10.3. The lowest BCUT2D eigenvalue weighted by Crippen LogP contribution is -2.25. The highest BCUT2D eigenvalue weighted by molar-refractivity contribution is 9.10. The van der Waals surface area contributed by atoms with E-state index >= 15 is 0 Å². The van der Waals surface area contributed by atoms with Crippen LogP contribution in [0, 0.1) is 0 Å². The van der Waals surface area contributed by atoms with Gasteiger partial charge < -0.3 is 20.1 Å². The Balaban J connectivity index is 1.81. The molecule has 27 heavy (non-hydrogen) atoms.